The molecule has 3 aromatic carbocycles. The lowest BCUT2D eigenvalue weighted by molar-refractivity contribution is -0.137. The van der Waals surface area contributed by atoms with Crippen molar-refractivity contribution in [1.82, 2.24) is 20.1 Å². The molecule has 1 aromatic heterocycles. The third-order valence-corrected chi connectivity index (χ3v) is 6.89. The number of carbonyl (C=O) groups is 1. The maximum absolute atomic E-state index is 12.9. The summed E-state index contributed by atoms with van der Waals surface area (Å²) in [6.45, 7) is 1.06. The third-order valence-electron chi connectivity index (χ3n) is 5.86. The van der Waals surface area contributed by atoms with Crippen LogP contribution in [0.3, 0.4) is 0 Å². The highest BCUT2D eigenvalue weighted by molar-refractivity contribution is 7.98. The molecule has 0 aliphatic rings. The van der Waals surface area contributed by atoms with Crippen LogP contribution in [0.2, 0.25) is 0 Å². The van der Waals surface area contributed by atoms with E-state index in [-0.39, 0.29) is 12.5 Å². The summed E-state index contributed by atoms with van der Waals surface area (Å²) in [4.78, 5) is 12.5. The van der Waals surface area contributed by atoms with E-state index in [9.17, 15) is 18.0 Å². The van der Waals surface area contributed by atoms with Crippen molar-refractivity contribution in [3.63, 3.8) is 0 Å². The molecule has 0 aliphatic carbocycles. The minimum Gasteiger partial charge on any atom is -0.497 e. The Kier molecular flexibility index (Phi) is 9.26. The summed E-state index contributed by atoms with van der Waals surface area (Å²) in [6.07, 6.45) is -4.43. The maximum atomic E-state index is 12.9. The number of ether oxygens (including phenoxy) is 2. The number of thioether (sulfide) groups is 1. The summed E-state index contributed by atoms with van der Waals surface area (Å²) in [7, 11) is 3.25. The number of carbonyl (C=O) groups excluding carboxylic acids is 1. The second-order valence-electron chi connectivity index (χ2n) is 8.55. The number of alkyl halides is 3. The smallest absolute Gasteiger partial charge is 0.416 e. The highest BCUT2D eigenvalue weighted by Crippen LogP contribution is 2.30. The summed E-state index contributed by atoms with van der Waals surface area (Å²) >= 11 is 1.51. The first-order valence-electron chi connectivity index (χ1n) is 12.0. The zero-order valence-corrected chi connectivity index (χ0v) is 22.2. The van der Waals surface area contributed by atoms with Crippen molar-refractivity contribution in [3.05, 3.63) is 95.1 Å². The van der Waals surface area contributed by atoms with Gasteiger partial charge >= 0.3 is 6.18 Å². The molecule has 11 heteroatoms. The number of benzene rings is 3. The molecule has 0 aliphatic heterocycles. The molecule has 1 heterocycles. The van der Waals surface area contributed by atoms with Crippen molar-refractivity contribution in [1.29, 1.82) is 0 Å². The van der Waals surface area contributed by atoms with Gasteiger partial charge in [-0.05, 0) is 47.5 Å². The molecule has 39 heavy (non-hydrogen) atoms. The molecule has 7 nitrogen and oxygen atoms in total. The molecular weight excluding hydrogens is 529 g/mol. The van der Waals surface area contributed by atoms with Crippen molar-refractivity contribution in [2.45, 2.75) is 30.2 Å². The summed E-state index contributed by atoms with van der Waals surface area (Å²) in [6, 6.07) is 19.6. The van der Waals surface area contributed by atoms with Crippen LogP contribution in [0.5, 0.6) is 5.75 Å². The van der Waals surface area contributed by atoms with Gasteiger partial charge in [0.25, 0.3) is 5.91 Å². The van der Waals surface area contributed by atoms with Crippen LogP contribution in [0.4, 0.5) is 13.2 Å². The van der Waals surface area contributed by atoms with Crippen molar-refractivity contribution in [2.75, 3.05) is 20.8 Å². The number of methoxy groups -OCH3 is 2. The molecule has 0 atom stereocenters. The van der Waals surface area contributed by atoms with E-state index in [4.69, 9.17) is 9.47 Å². The van der Waals surface area contributed by atoms with E-state index in [1.807, 2.05) is 41.0 Å². The lowest BCUT2D eigenvalue weighted by Gasteiger charge is -2.11. The number of halogens is 3. The summed E-state index contributed by atoms with van der Waals surface area (Å²) in [5.74, 6) is 1.66. The average molecular weight is 557 g/mol. The van der Waals surface area contributed by atoms with Crippen LogP contribution in [-0.4, -0.2) is 41.5 Å². The minimum absolute atomic E-state index is 0.00683. The van der Waals surface area contributed by atoms with Crippen LogP contribution in [0, 0.1) is 0 Å². The highest BCUT2D eigenvalue weighted by Gasteiger charge is 2.30. The summed E-state index contributed by atoms with van der Waals surface area (Å²) in [5, 5.41) is 12.2. The SMILES string of the molecule is COCCn1c(SCc2ccc(C(=O)NCc3cccc(C(F)(F)F)c3)cc2)nnc1-c1cccc(OC)c1. The zero-order valence-electron chi connectivity index (χ0n) is 21.4. The van der Waals surface area contributed by atoms with Crippen molar-refractivity contribution in [2.24, 2.45) is 0 Å². The Morgan fingerprint density at radius 1 is 0.974 bits per heavy atom. The molecule has 0 unspecified atom stereocenters. The van der Waals surface area contributed by atoms with Crippen molar-refractivity contribution >= 4 is 17.7 Å². The topological polar surface area (TPSA) is 78.3 Å². The summed E-state index contributed by atoms with van der Waals surface area (Å²) in [5.41, 5.74) is 1.89. The molecule has 0 radical (unpaired) electrons. The Hall–Kier alpha value is -3.83. The van der Waals surface area contributed by atoms with Gasteiger partial charge in [-0.3, -0.25) is 9.36 Å². The molecule has 204 valence electrons. The minimum atomic E-state index is -4.43. The van der Waals surface area contributed by atoms with Gasteiger partial charge in [-0.25, -0.2) is 0 Å². The fraction of sp³-hybridized carbons (Fsp3) is 0.250. The highest BCUT2D eigenvalue weighted by atomic mass is 32.2. The lowest BCUT2D eigenvalue weighted by atomic mass is 10.1. The third kappa shape index (κ3) is 7.39. The van der Waals surface area contributed by atoms with Crippen LogP contribution < -0.4 is 10.1 Å². The first-order chi connectivity index (χ1) is 18.8. The fourth-order valence-electron chi connectivity index (χ4n) is 3.80. The van der Waals surface area contributed by atoms with Gasteiger partial charge in [-0.15, -0.1) is 10.2 Å². The molecule has 4 rings (SSSR count). The van der Waals surface area contributed by atoms with Crippen molar-refractivity contribution in [3.8, 4) is 17.1 Å². The second kappa shape index (κ2) is 12.8. The Labute approximate surface area is 228 Å². The Bertz CT molecular complexity index is 1410. The Morgan fingerprint density at radius 3 is 2.46 bits per heavy atom. The maximum Gasteiger partial charge on any atom is 0.416 e. The molecule has 0 saturated heterocycles. The van der Waals surface area contributed by atoms with Gasteiger partial charge < -0.3 is 14.8 Å². The zero-order chi connectivity index (χ0) is 27.8. The standard InChI is InChI=1S/C28H27F3N4O3S/c1-37-14-13-35-25(22-6-4-8-24(16-22)38-2)33-34-27(35)39-18-19-9-11-21(12-10-19)26(36)32-17-20-5-3-7-23(15-20)28(29,30)31/h3-12,15-16H,13-14,17-18H2,1-2H3,(H,32,36). The number of nitrogens with one attached hydrogen (secondary N) is 1. The Balaban J connectivity index is 1.39. The lowest BCUT2D eigenvalue weighted by Crippen LogP contribution is -2.23. The van der Waals surface area contributed by atoms with E-state index >= 15 is 0 Å². The van der Waals surface area contributed by atoms with Gasteiger partial charge in [0.1, 0.15) is 5.75 Å². The molecule has 0 spiro atoms. The van der Waals surface area contributed by atoms with Crippen LogP contribution in [0.25, 0.3) is 11.4 Å². The van der Waals surface area contributed by atoms with Crippen LogP contribution in [0.15, 0.2) is 78.0 Å². The van der Waals surface area contributed by atoms with E-state index < -0.39 is 11.7 Å². The molecule has 1 N–H and O–H groups in total. The van der Waals surface area contributed by atoms with E-state index in [0.717, 1.165) is 34.2 Å². The number of nitrogens with zero attached hydrogens (tertiary/aromatic N) is 3. The van der Waals surface area contributed by atoms with Gasteiger partial charge in [0.15, 0.2) is 11.0 Å². The van der Waals surface area contributed by atoms with Crippen LogP contribution >= 0.6 is 11.8 Å². The largest absolute Gasteiger partial charge is 0.497 e. The van der Waals surface area contributed by atoms with E-state index in [0.29, 0.717) is 35.9 Å². The van der Waals surface area contributed by atoms with Gasteiger partial charge in [-0.1, -0.05) is 48.2 Å². The van der Waals surface area contributed by atoms with Crippen LogP contribution in [-0.2, 0) is 29.8 Å². The molecule has 4 aromatic rings. The second-order valence-corrected chi connectivity index (χ2v) is 9.49. The van der Waals surface area contributed by atoms with Crippen molar-refractivity contribution < 1.29 is 27.4 Å². The van der Waals surface area contributed by atoms with E-state index in [2.05, 4.69) is 15.5 Å². The van der Waals surface area contributed by atoms with E-state index in [1.165, 1.54) is 17.8 Å². The normalized spacial score (nSPS) is 11.4. The van der Waals surface area contributed by atoms with Crippen LogP contribution in [0.1, 0.15) is 27.0 Å². The number of aromatic nitrogens is 3. The predicted molar refractivity (Wildman–Crippen MR) is 143 cm³/mol. The van der Waals surface area contributed by atoms with Gasteiger partial charge in [0.05, 0.1) is 25.8 Å². The quantitative estimate of drug-likeness (QED) is 0.234. The number of hydrogen-bond donors (Lipinski definition) is 1. The van der Waals surface area contributed by atoms with Gasteiger partial charge in [-0.2, -0.15) is 13.2 Å². The molecule has 1 amide bonds. The predicted octanol–water partition coefficient (Wildman–Crippen LogP) is 5.84. The first kappa shape index (κ1) is 28.2. The molecule has 0 bridgehead atoms. The summed E-state index contributed by atoms with van der Waals surface area (Å²) < 4.78 is 51.4. The molecular formula is C28H27F3N4O3S. The number of rotatable bonds is 11. The molecule has 0 fully saturated rings. The van der Waals surface area contributed by atoms with Gasteiger partial charge in [0, 0.05) is 30.5 Å². The number of amides is 1. The Morgan fingerprint density at radius 2 is 1.74 bits per heavy atom. The molecule has 0 saturated carbocycles. The monoisotopic (exact) mass is 556 g/mol. The fourth-order valence-corrected chi connectivity index (χ4v) is 4.72. The van der Waals surface area contributed by atoms with E-state index in [1.54, 1.807) is 32.4 Å². The number of hydrogen-bond acceptors (Lipinski definition) is 6. The average Bonchev–Trinajstić information content (AvgIpc) is 3.36. The van der Waals surface area contributed by atoms with Gasteiger partial charge in [0.2, 0.25) is 0 Å². The first-order valence-corrected chi connectivity index (χ1v) is 13.0.